The molecule has 0 radical (unpaired) electrons. The van der Waals surface area contributed by atoms with Crippen LogP contribution in [0.2, 0.25) is 15.1 Å². The van der Waals surface area contributed by atoms with Crippen LogP contribution in [-0.4, -0.2) is 36.3 Å². The quantitative estimate of drug-likeness (QED) is 0.274. The Bertz CT molecular complexity index is 1060. The van der Waals surface area contributed by atoms with Gasteiger partial charge in [0.25, 0.3) is 11.8 Å². The van der Waals surface area contributed by atoms with Crippen molar-refractivity contribution < 1.29 is 19.1 Å². The predicted molar refractivity (Wildman–Crippen MR) is 141 cm³/mol. The number of nitrogens with zero attached hydrogens (tertiary/aromatic N) is 1. The lowest BCUT2D eigenvalue weighted by atomic mass is 10.0. The second-order valence-electron chi connectivity index (χ2n) is 8.61. The van der Waals surface area contributed by atoms with Crippen LogP contribution < -0.4 is 20.2 Å². The van der Waals surface area contributed by atoms with Crippen molar-refractivity contribution in [1.82, 2.24) is 10.7 Å². The molecule has 0 heterocycles. The highest BCUT2D eigenvalue weighted by molar-refractivity contribution is 6.35. The van der Waals surface area contributed by atoms with Crippen LogP contribution in [0.15, 0.2) is 41.5 Å². The van der Waals surface area contributed by atoms with Crippen LogP contribution in [0.4, 0.5) is 0 Å². The molecule has 0 aliphatic heterocycles. The maximum atomic E-state index is 12.8. The van der Waals surface area contributed by atoms with Crippen LogP contribution in [0.5, 0.6) is 11.5 Å². The van der Waals surface area contributed by atoms with Gasteiger partial charge in [0.05, 0.1) is 17.3 Å². The molecule has 7 nitrogen and oxygen atoms in total. The third kappa shape index (κ3) is 9.59. The van der Waals surface area contributed by atoms with Gasteiger partial charge in [0.15, 0.2) is 6.10 Å². The topological polar surface area (TPSA) is 89.0 Å². The van der Waals surface area contributed by atoms with Crippen molar-refractivity contribution in [1.29, 1.82) is 0 Å². The van der Waals surface area contributed by atoms with E-state index in [4.69, 9.17) is 44.3 Å². The largest absolute Gasteiger partial charge is 0.490 e. The Labute approximate surface area is 221 Å². The number of halogens is 3. The molecule has 0 aliphatic rings. The molecule has 2 atom stereocenters. The Morgan fingerprint density at radius 2 is 1.54 bits per heavy atom. The fourth-order valence-electron chi connectivity index (χ4n) is 3.03. The molecule has 2 aromatic carbocycles. The Morgan fingerprint density at radius 1 is 0.914 bits per heavy atom. The van der Waals surface area contributed by atoms with E-state index >= 15 is 0 Å². The molecular formula is C25H30Cl3N3O4. The molecule has 0 saturated heterocycles. The first-order chi connectivity index (χ1) is 16.5. The number of hydrogen-bond donors (Lipinski definition) is 2. The first-order valence-corrected chi connectivity index (χ1v) is 12.3. The lowest BCUT2D eigenvalue weighted by molar-refractivity contribution is -0.132. The maximum absolute atomic E-state index is 12.8. The van der Waals surface area contributed by atoms with E-state index in [1.54, 1.807) is 37.3 Å². The number of hydrazone groups is 1. The van der Waals surface area contributed by atoms with Gasteiger partial charge in [-0.2, -0.15) is 5.10 Å². The summed E-state index contributed by atoms with van der Waals surface area (Å²) in [5.41, 5.74) is 3.10. The van der Waals surface area contributed by atoms with Crippen molar-refractivity contribution in [2.45, 2.75) is 59.3 Å². The third-order valence-electron chi connectivity index (χ3n) is 4.62. The summed E-state index contributed by atoms with van der Waals surface area (Å²) in [6.45, 7) is 9.28. The highest BCUT2D eigenvalue weighted by Crippen LogP contribution is 2.28. The van der Waals surface area contributed by atoms with E-state index in [-0.39, 0.29) is 17.0 Å². The molecule has 0 spiro atoms. The van der Waals surface area contributed by atoms with Gasteiger partial charge in [-0.25, -0.2) is 5.43 Å². The number of hydrogen-bond acceptors (Lipinski definition) is 5. The molecule has 2 N–H and O–H groups in total. The first kappa shape index (κ1) is 28.8. The molecule has 10 heteroatoms. The number of nitrogens with one attached hydrogen (secondary N) is 2. The molecule has 2 aromatic rings. The van der Waals surface area contributed by atoms with Gasteiger partial charge in [0, 0.05) is 15.6 Å². The molecule has 0 fully saturated rings. The van der Waals surface area contributed by atoms with Gasteiger partial charge in [-0.1, -0.05) is 48.7 Å². The smallest absolute Gasteiger partial charge is 0.262 e. The van der Waals surface area contributed by atoms with E-state index < -0.39 is 24.0 Å². The van der Waals surface area contributed by atoms with Crippen LogP contribution in [0.25, 0.3) is 0 Å². The predicted octanol–water partition coefficient (Wildman–Crippen LogP) is 5.88. The highest BCUT2D eigenvalue weighted by atomic mass is 35.5. The van der Waals surface area contributed by atoms with Crippen LogP contribution in [0, 0.1) is 5.92 Å². The Morgan fingerprint density at radius 3 is 2.14 bits per heavy atom. The first-order valence-electron chi connectivity index (χ1n) is 11.2. The minimum absolute atomic E-state index is 0.0458. The minimum Gasteiger partial charge on any atom is -0.490 e. The van der Waals surface area contributed by atoms with Crippen molar-refractivity contribution in [3.05, 3.63) is 57.0 Å². The van der Waals surface area contributed by atoms with Crippen molar-refractivity contribution in [3.63, 3.8) is 0 Å². The fourth-order valence-corrected chi connectivity index (χ4v) is 3.67. The van der Waals surface area contributed by atoms with E-state index in [2.05, 4.69) is 15.8 Å². The number of rotatable bonds is 11. The summed E-state index contributed by atoms with van der Waals surface area (Å²) in [4.78, 5) is 25.6. The zero-order chi connectivity index (χ0) is 26.1. The Kier molecular flexibility index (Phi) is 11.1. The lowest BCUT2D eigenvalue weighted by Gasteiger charge is -2.22. The van der Waals surface area contributed by atoms with Crippen molar-refractivity contribution in [2.75, 3.05) is 0 Å². The summed E-state index contributed by atoms with van der Waals surface area (Å²) in [6, 6.07) is 9.02. The fraction of sp³-hybridized carbons (Fsp3) is 0.400. The average Bonchev–Trinajstić information content (AvgIpc) is 2.76. The molecule has 0 aromatic heterocycles. The van der Waals surface area contributed by atoms with Gasteiger partial charge in [-0.05, 0) is 69.5 Å². The molecule has 0 unspecified atom stereocenters. The number of carbonyl (C=O) groups excluding carboxylic acids is 2. The molecular weight excluding hydrogens is 513 g/mol. The zero-order valence-corrected chi connectivity index (χ0v) is 22.5. The van der Waals surface area contributed by atoms with E-state index in [0.717, 1.165) is 0 Å². The molecule has 2 amide bonds. The summed E-state index contributed by atoms with van der Waals surface area (Å²) in [5.74, 6) is 0.1000. The van der Waals surface area contributed by atoms with E-state index in [9.17, 15) is 9.59 Å². The summed E-state index contributed by atoms with van der Waals surface area (Å²) in [7, 11) is 0. The van der Waals surface area contributed by atoms with Crippen LogP contribution >= 0.6 is 34.8 Å². The zero-order valence-electron chi connectivity index (χ0n) is 20.3. The minimum atomic E-state index is -0.901. The summed E-state index contributed by atoms with van der Waals surface area (Å²) < 4.78 is 11.4. The maximum Gasteiger partial charge on any atom is 0.262 e. The van der Waals surface area contributed by atoms with Gasteiger partial charge >= 0.3 is 0 Å². The second kappa shape index (κ2) is 13.6. The van der Waals surface area contributed by atoms with E-state index in [0.29, 0.717) is 33.5 Å². The summed E-state index contributed by atoms with van der Waals surface area (Å²) in [6.07, 6.45) is 0.905. The lowest BCUT2D eigenvalue weighted by Crippen LogP contribution is -2.49. The molecule has 35 heavy (non-hydrogen) atoms. The molecule has 2 rings (SSSR count). The Balaban J connectivity index is 2.06. The molecule has 0 aliphatic carbocycles. The SMILES string of the molecule is CC(C)C[C@@H](NC(=O)[C@@H](C)Oc1ccc(Cl)cc1Cl)C(=O)N/N=C\c1cc(Cl)ccc1OC(C)C. The van der Waals surface area contributed by atoms with Gasteiger partial charge < -0.3 is 14.8 Å². The monoisotopic (exact) mass is 541 g/mol. The normalized spacial score (nSPS) is 13.1. The van der Waals surface area contributed by atoms with Crippen molar-refractivity contribution in [2.24, 2.45) is 11.0 Å². The van der Waals surface area contributed by atoms with Gasteiger partial charge in [0.2, 0.25) is 0 Å². The second-order valence-corrected chi connectivity index (χ2v) is 9.89. The average molecular weight is 543 g/mol. The molecule has 0 bridgehead atoms. The molecule has 190 valence electrons. The van der Waals surface area contributed by atoms with E-state index in [1.807, 2.05) is 27.7 Å². The number of amides is 2. The third-order valence-corrected chi connectivity index (χ3v) is 5.39. The summed E-state index contributed by atoms with van der Waals surface area (Å²) >= 11 is 18.1. The Hall–Kier alpha value is -2.48. The van der Waals surface area contributed by atoms with Crippen molar-refractivity contribution in [3.8, 4) is 11.5 Å². The number of benzene rings is 2. The van der Waals surface area contributed by atoms with Gasteiger partial charge in [0.1, 0.15) is 17.5 Å². The standard InChI is InChI=1S/C25H30Cl3N3O4/c1-14(2)10-21(30-24(32)16(5)35-23-9-7-19(27)12-20(23)28)25(33)31-29-13-17-11-18(26)6-8-22(17)34-15(3)4/h6-9,11-16,21H,10H2,1-5H3,(H,30,32)(H,31,33)/b29-13-/t16-,21-/m1/s1. The molecule has 0 saturated carbocycles. The van der Waals surface area contributed by atoms with Crippen LogP contribution in [0.3, 0.4) is 0 Å². The number of ether oxygens (including phenoxy) is 2. The van der Waals surface area contributed by atoms with Crippen LogP contribution in [0.1, 0.15) is 46.6 Å². The van der Waals surface area contributed by atoms with Crippen LogP contribution in [-0.2, 0) is 9.59 Å². The van der Waals surface area contributed by atoms with E-state index in [1.165, 1.54) is 12.3 Å². The van der Waals surface area contributed by atoms with Gasteiger partial charge in [-0.15, -0.1) is 0 Å². The van der Waals surface area contributed by atoms with Gasteiger partial charge in [-0.3, -0.25) is 9.59 Å². The van der Waals surface area contributed by atoms with Crippen molar-refractivity contribution >= 4 is 52.8 Å². The number of carbonyl (C=O) groups is 2. The summed E-state index contributed by atoms with van der Waals surface area (Å²) in [5, 5.41) is 8.02. The highest BCUT2D eigenvalue weighted by Gasteiger charge is 2.25.